The van der Waals surface area contributed by atoms with Crippen molar-refractivity contribution in [3.05, 3.63) is 43.7 Å². The standard InChI is InChI=1S/C12H14ClNOS2/c1-8(11-2-3-12(13)17-11)14-6-10(15)9-4-5-16-7-9/h2-5,7-8,10,14-15H,6H2,1H3. The molecular weight excluding hydrogens is 274 g/mol. The summed E-state index contributed by atoms with van der Waals surface area (Å²) in [7, 11) is 0. The Bertz CT molecular complexity index is 455. The van der Waals surface area contributed by atoms with E-state index in [1.807, 2.05) is 29.0 Å². The lowest BCUT2D eigenvalue weighted by Crippen LogP contribution is -2.23. The van der Waals surface area contributed by atoms with Gasteiger partial charge in [0.25, 0.3) is 0 Å². The summed E-state index contributed by atoms with van der Waals surface area (Å²) in [6, 6.07) is 6.07. The maximum Gasteiger partial charge on any atom is 0.0931 e. The summed E-state index contributed by atoms with van der Waals surface area (Å²) in [5, 5.41) is 17.2. The highest BCUT2D eigenvalue weighted by Gasteiger charge is 2.12. The van der Waals surface area contributed by atoms with E-state index in [-0.39, 0.29) is 6.04 Å². The lowest BCUT2D eigenvalue weighted by molar-refractivity contribution is 0.171. The Hall–Kier alpha value is -0.390. The van der Waals surface area contributed by atoms with Crippen LogP contribution in [0.15, 0.2) is 29.0 Å². The summed E-state index contributed by atoms with van der Waals surface area (Å²) in [6.07, 6.45) is -0.445. The maximum absolute atomic E-state index is 9.93. The van der Waals surface area contributed by atoms with E-state index in [0.29, 0.717) is 6.54 Å². The van der Waals surface area contributed by atoms with Crippen LogP contribution in [0.4, 0.5) is 0 Å². The minimum atomic E-state index is -0.445. The van der Waals surface area contributed by atoms with Gasteiger partial charge in [-0.05, 0) is 41.4 Å². The molecule has 2 unspecified atom stereocenters. The molecule has 0 aliphatic carbocycles. The van der Waals surface area contributed by atoms with Crippen LogP contribution in [0.25, 0.3) is 0 Å². The molecule has 0 aliphatic heterocycles. The molecule has 2 heterocycles. The third-order valence-electron chi connectivity index (χ3n) is 2.57. The van der Waals surface area contributed by atoms with E-state index in [2.05, 4.69) is 12.2 Å². The first-order valence-electron chi connectivity index (χ1n) is 5.35. The predicted octanol–water partition coefficient (Wildman–Crippen LogP) is 3.85. The average Bonchev–Trinajstić information content (AvgIpc) is 2.95. The summed E-state index contributed by atoms with van der Waals surface area (Å²) >= 11 is 9.06. The Labute approximate surface area is 114 Å². The van der Waals surface area contributed by atoms with Crippen molar-refractivity contribution in [2.75, 3.05) is 6.54 Å². The van der Waals surface area contributed by atoms with Crippen molar-refractivity contribution >= 4 is 34.3 Å². The minimum Gasteiger partial charge on any atom is -0.387 e. The summed E-state index contributed by atoms with van der Waals surface area (Å²) in [5.41, 5.74) is 0.971. The molecular formula is C12H14ClNOS2. The maximum atomic E-state index is 9.93. The SMILES string of the molecule is CC(NCC(O)c1ccsc1)c1ccc(Cl)s1. The number of hydrogen-bond acceptors (Lipinski definition) is 4. The Balaban J connectivity index is 1.86. The lowest BCUT2D eigenvalue weighted by atomic mass is 10.2. The topological polar surface area (TPSA) is 32.3 Å². The molecule has 2 atom stereocenters. The molecule has 17 heavy (non-hydrogen) atoms. The van der Waals surface area contributed by atoms with Gasteiger partial charge >= 0.3 is 0 Å². The molecule has 0 spiro atoms. The molecule has 92 valence electrons. The van der Waals surface area contributed by atoms with E-state index in [1.165, 1.54) is 4.88 Å². The zero-order valence-corrected chi connectivity index (χ0v) is 11.8. The second-order valence-electron chi connectivity index (χ2n) is 3.84. The van der Waals surface area contributed by atoms with Gasteiger partial charge in [-0.3, -0.25) is 0 Å². The van der Waals surface area contributed by atoms with Crippen molar-refractivity contribution in [3.8, 4) is 0 Å². The normalized spacial score (nSPS) is 14.8. The molecule has 0 saturated carbocycles. The molecule has 0 saturated heterocycles. The third-order valence-corrected chi connectivity index (χ3v) is 4.68. The van der Waals surface area contributed by atoms with Crippen LogP contribution in [0.1, 0.15) is 29.5 Å². The van der Waals surface area contributed by atoms with Crippen molar-refractivity contribution in [3.63, 3.8) is 0 Å². The number of aliphatic hydroxyl groups is 1. The van der Waals surface area contributed by atoms with Gasteiger partial charge in [-0.15, -0.1) is 11.3 Å². The van der Waals surface area contributed by atoms with Crippen molar-refractivity contribution in [1.29, 1.82) is 0 Å². The summed E-state index contributed by atoms with van der Waals surface area (Å²) in [4.78, 5) is 1.19. The van der Waals surface area contributed by atoms with Crippen LogP contribution in [0, 0.1) is 0 Å². The fraction of sp³-hybridized carbons (Fsp3) is 0.333. The molecule has 0 aliphatic rings. The van der Waals surface area contributed by atoms with Crippen LogP contribution in [-0.2, 0) is 0 Å². The molecule has 0 fully saturated rings. The smallest absolute Gasteiger partial charge is 0.0931 e. The highest BCUT2D eigenvalue weighted by atomic mass is 35.5. The number of aliphatic hydroxyl groups excluding tert-OH is 1. The molecule has 2 rings (SSSR count). The summed E-state index contributed by atoms with van der Waals surface area (Å²) < 4.78 is 0.798. The first kappa shape index (κ1) is 13.1. The summed E-state index contributed by atoms with van der Waals surface area (Å²) in [6.45, 7) is 2.62. The highest BCUT2D eigenvalue weighted by molar-refractivity contribution is 7.16. The molecule has 0 aromatic carbocycles. The van der Waals surface area contributed by atoms with E-state index >= 15 is 0 Å². The number of halogens is 1. The molecule has 0 amide bonds. The largest absolute Gasteiger partial charge is 0.387 e. The number of hydrogen-bond donors (Lipinski definition) is 2. The Morgan fingerprint density at radius 2 is 2.24 bits per heavy atom. The highest BCUT2D eigenvalue weighted by Crippen LogP contribution is 2.27. The second kappa shape index (κ2) is 5.98. The van der Waals surface area contributed by atoms with E-state index in [4.69, 9.17) is 11.6 Å². The first-order chi connectivity index (χ1) is 8.16. The van der Waals surface area contributed by atoms with Crippen LogP contribution in [0.2, 0.25) is 4.34 Å². The quantitative estimate of drug-likeness (QED) is 0.875. The summed E-state index contributed by atoms with van der Waals surface area (Å²) in [5.74, 6) is 0. The van der Waals surface area contributed by atoms with Gasteiger partial charge in [0.2, 0.25) is 0 Å². The Morgan fingerprint density at radius 1 is 1.41 bits per heavy atom. The second-order valence-corrected chi connectivity index (χ2v) is 6.37. The number of thiophene rings is 2. The fourth-order valence-corrected chi connectivity index (χ4v) is 3.33. The monoisotopic (exact) mass is 287 g/mol. The molecule has 0 bridgehead atoms. The van der Waals surface area contributed by atoms with Crippen molar-refractivity contribution < 1.29 is 5.11 Å². The van der Waals surface area contributed by atoms with Crippen LogP contribution in [0.5, 0.6) is 0 Å². The fourth-order valence-electron chi connectivity index (χ4n) is 1.53. The van der Waals surface area contributed by atoms with Crippen LogP contribution in [-0.4, -0.2) is 11.7 Å². The van der Waals surface area contributed by atoms with Gasteiger partial charge in [0.1, 0.15) is 0 Å². The molecule has 2 N–H and O–H groups in total. The molecule has 2 aromatic heterocycles. The third kappa shape index (κ3) is 3.53. The van der Waals surface area contributed by atoms with E-state index in [9.17, 15) is 5.11 Å². The van der Waals surface area contributed by atoms with Crippen molar-refractivity contribution in [2.24, 2.45) is 0 Å². The van der Waals surface area contributed by atoms with Crippen LogP contribution < -0.4 is 5.32 Å². The average molecular weight is 288 g/mol. The van der Waals surface area contributed by atoms with Gasteiger partial charge in [0.15, 0.2) is 0 Å². The minimum absolute atomic E-state index is 0.209. The first-order valence-corrected chi connectivity index (χ1v) is 7.49. The van der Waals surface area contributed by atoms with Gasteiger partial charge in [-0.1, -0.05) is 11.6 Å². The van der Waals surface area contributed by atoms with Crippen LogP contribution >= 0.6 is 34.3 Å². The van der Waals surface area contributed by atoms with E-state index < -0.39 is 6.10 Å². The van der Waals surface area contributed by atoms with E-state index in [0.717, 1.165) is 9.90 Å². The zero-order valence-electron chi connectivity index (χ0n) is 9.39. The van der Waals surface area contributed by atoms with Crippen molar-refractivity contribution in [1.82, 2.24) is 5.32 Å². The molecule has 5 heteroatoms. The van der Waals surface area contributed by atoms with Crippen LogP contribution in [0.3, 0.4) is 0 Å². The predicted molar refractivity (Wildman–Crippen MR) is 75.0 cm³/mol. The molecule has 2 nitrogen and oxygen atoms in total. The van der Waals surface area contributed by atoms with Gasteiger partial charge in [0.05, 0.1) is 10.4 Å². The molecule has 0 radical (unpaired) electrons. The number of nitrogens with one attached hydrogen (secondary N) is 1. The lowest BCUT2D eigenvalue weighted by Gasteiger charge is -2.15. The van der Waals surface area contributed by atoms with Gasteiger partial charge in [-0.2, -0.15) is 11.3 Å². The van der Waals surface area contributed by atoms with Crippen molar-refractivity contribution in [2.45, 2.75) is 19.1 Å². The number of rotatable bonds is 5. The molecule has 2 aromatic rings. The Morgan fingerprint density at radius 3 is 2.82 bits per heavy atom. The van der Waals surface area contributed by atoms with Gasteiger partial charge in [-0.25, -0.2) is 0 Å². The van der Waals surface area contributed by atoms with E-state index in [1.54, 1.807) is 22.7 Å². The van der Waals surface area contributed by atoms with Gasteiger partial charge < -0.3 is 10.4 Å². The zero-order chi connectivity index (χ0) is 12.3. The Kier molecular flexibility index (Phi) is 4.59. The van der Waals surface area contributed by atoms with Gasteiger partial charge in [0, 0.05) is 17.5 Å².